The van der Waals surface area contributed by atoms with Crippen molar-refractivity contribution < 1.29 is 27.1 Å². The summed E-state index contributed by atoms with van der Waals surface area (Å²) in [6.45, 7) is 0. The summed E-state index contributed by atoms with van der Waals surface area (Å²) >= 11 is 12.8. The molecule has 0 spiro atoms. The zero-order valence-corrected chi connectivity index (χ0v) is 17.4. The van der Waals surface area contributed by atoms with Gasteiger partial charge < -0.3 is 14.5 Å². The third-order valence-corrected chi connectivity index (χ3v) is 5.08. The molecule has 0 atom stereocenters. The maximum Gasteiger partial charge on any atom is 0.416 e. The lowest BCUT2D eigenvalue weighted by Gasteiger charge is -2.11. The monoisotopic (exact) mass is 477 g/mol. The normalized spacial score (nSPS) is 11.4. The van der Waals surface area contributed by atoms with Gasteiger partial charge in [0.2, 0.25) is 5.91 Å². The molecule has 158 valence electrons. The van der Waals surface area contributed by atoms with E-state index in [1.807, 2.05) is 0 Å². The van der Waals surface area contributed by atoms with E-state index in [9.17, 15) is 18.0 Å². The van der Waals surface area contributed by atoms with Crippen LogP contribution < -0.4 is 10.1 Å². The molecule has 0 bridgehead atoms. The van der Waals surface area contributed by atoms with Gasteiger partial charge in [-0.3, -0.25) is 4.79 Å². The van der Waals surface area contributed by atoms with Gasteiger partial charge >= 0.3 is 6.18 Å². The fraction of sp³-hybridized carbons (Fsp3) is 0.167. The van der Waals surface area contributed by atoms with Crippen molar-refractivity contribution in [2.45, 2.75) is 11.4 Å². The number of benzene rings is 2. The largest absolute Gasteiger partial charge is 0.496 e. The van der Waals surface area contributed by atoms with Crippen LogP contribution in [0.25, 0.3) is 11.5 Å². The molecule has 0 radical (unpaired) electrons. The number of ether oxygens (including phenoxy) is 1. The van der Waals surface area contributed by atoms with Gasteiger partial charge in [-0.15, -0.1) is 10.2 Å². The van der Waals surface area contributed by atoms with Crippen molar-refractivity contribution in [3.8, 4) is 17.2 Å². The van der Waals surface area contributed by atoms with Gasteiger partial charge in [-0.1, -0.05) is 35.0 Å². The van der Waals surface area contributed by atoms with Crippen molar-refractivity contribution in [3.05, 3.63) is 52.0 Å². The van der Waals surface area contributed by atoms with Gasteiger partial charge in [-0.2, -0.15) is 13.2 Å². The summed E-state index contributed by atoms with van der Waals surface area (Å²) in [5.41, 5.74) is -0.594. The number of methoxy groups -OCH3 is 1. The number of hydrogen-bond acceptors (Lipinski definition) is 6. The average Bonchev–Trinajstić information content (AvgIpc) is 3.16. The van der Waals surface area contributed by atoms with Crippen molar-refractivity contribution in [1.82, 2.24) is 10.2 Å². The highest BCUT2D eigenvalue weighted by atomic mass is 35.5. The second-order valence-electron chi connectivity index (χ2n) is 5.75. The van der Waals surface area contributed by atoms with E-state index in [1.165, 1.54) is 7.11 Å². The minimum atomic E-state index is -4.56. The summed E-state index contributed by atoms with van der Waals surface area (Å²) in [5.74, 6) is -0.183. The van der Waals surface area contributed by atoms with Crippen LogP contribution in [0.5, 0.6) is 5.75 Å². The molecular formula is C18H12Cl2F3N3O3S. The van der Waals surface area contributed by atoms with Crippen LogP contribution in [0.1, 0.15) is 5.56 Å². The standard InChI is InChI=1S/C18H12Cl2F3N3O3S/c1-28-14-5-3-10(19)7-11(14)16-25-26-17(29-16)30-8-15(27)24-13-6-9(18(21,22)23)2-4-12(13)20/h2-7H,8H2,1H3,(H,24,27). The number of hydrogen-bond donors (Lipinski definition) is 1. The van der Waals surface area contributed by atoms with E-state index in [1.54, 1.807) is 18.2 Å². The Morgan fingerprint density at radius 3 is 2.67 bits per heavy atom. The molecule has 0 fully saturated rings. The first kappa shape index (κ1) is 22.3. The number of aromatic nitrogens is 2. The van der Waals surface area contributed by atoms with Crippen LogP contribution in [0.3, 0.4) is 0 Å². The first-order valence-corrected chi connectivity index (χ1v) is 9.88. The SMILES string of the molecule is COc1ccc(Cl)cc1-c1nnc(SCC(=O)Nc2cc(C(F)(F)F)ccc2Cl)o1. The number of anilines is 1. The van der Waals surface area contributed by atoms with Gasteiger partial charge in [0.15, 0.2) is 0 Å². The molecule has 3 aromatic rings. The number of nitrogens with zero attached hydrogens (tertiary/aromatic N) is 2. The molecule has 0 aliphatic rings. The number of amides is 1. The van der Waals surface area contributed by atoms with Gasteiger partial charge in [0, 0.05) is 5.02 Å². The van der Waals surface area contributed by atoms with E-state index >= 15 is 0 Å². The summed E-state index contributed by atoms with van der Waals surface area (Å²) in [4.78, 5) is 12.1. The third-order valence-electron chi connectivity index (χ3n) is 3.69. The van der Waals surface area contributed by atoms with Crippen LogP contribution in [0.4, 0.5) is 18.9 Å². The number of carbonyl (C=O) groups is 1. The van der Waals surface area contributed by atoms with Gasteiger partial charge in [-0.05, 0) is 36.4 Å². The summed E-state index contributed by atoms with van der Waals surface area (Å²) < 4.78 is 49.2. The van der Waals surface area contributed by atoms with Crippen molar-refractivity contribution in [2.75, 3.05) is 18.2 Å². The molecular weight excluding hydrogens is 466 g/mol. The lowest BCUT2D eigenvalue weighted by atomic mass is 10.2. The molecule has 0 saturated carbocycles. The fourth-order valence-corrected chi connectivity index (χ4v) is 3.24. The molecule has 0 aliphatic heterocycles. The molecule has 30 heavy (non-hydrogen) atoms. The smallest absolute Gasteiger partial charge is 0.416 e. The second kappa shape index (κ2) is 9.15. The quantitative estimate of drug-likeness (QED) is 0.452. The fourth-order valence-electron chi connectivity index (χ4n) is 2.34. The first-order valence-electron chi connectivity index (χ1n) is 8.14. The highest BCUT2D eigenvalue weighted by Gasteiger charge is 2.31. The van der Waals surface area contributed by atoms with E-state index in [0.29, 0.717) is 16.3 Å². The Hall–Kier alpha value is -2.43. The number of rotatable bonds is 6. The number of alkyl halides is 3. The summed E-state index contributed by atoms with van der Waals surface area (Å²) in [6.07, 6.45) is -4.56. The predicted molar refractivity (Wildman–Crippen MR) is 107 cm³/mol. The first-order chi connectivity index (χ1) is 14.2. The number of nitrogens with one attached hydrogen (secondary N) is 1. The Labute approximate surface area is 182 Å². The van der Waals surface area contributed by atoms with Crippen LogP contribution in [0.15, 0.2) is 46.0 Å². The van der Waals surface area contributed by atoms with E-state index in [2.05, 4.69) is 15.5 Å². The third kappa shape index (κ3) is 5.38. The predicted octanol–water partition coefficient (Wildman–Crippen LogP) is 5.80. The lowest BCUT2D eigenvalue weighted by Crippen LogP contribution is -2.15. The van der Waals surface area contributed by atoms with Crippen LogP contribution >= 0.6 is 35.0 Å². The summed E-state index contributed by atoms with van der Waals surface area (Å²) in [5, 5.41) is 10.6. The molecule has 1 amide bonds. The molecule has 0 aliphatic carbocycles. The minimum absolute atomic E-state index is 0.0190. The van der Waals surface area contributed by atoms with E-state index in [4.69, 9.17) is 32.4 Å². The lowest BCUT2D eigenvalue weighted by molar-refractivity contribution is -0.137. The Morgan fingerprint density at radius 2 is 1.97 bits per heavy atom. The zero-order chi connectivity index (χ0) is 21.9. The van der Waals surface area contributed by atoms with Gasteiger partial charge in [0.1, 0.15) is 5.75 Å². The number of halogens is 5. The Bertz CT molecular complexity index is 1080. The van der Waals surface area contributed by atoms with Gasteiger partial charge in [0.05, 0.1) is 34.7 Å². The van der Waals surface area contributed by atoms with E-state index in [0.717, 1.165) is 30.0 Å². The van der Waals surface area contributed by atoms with Crippen LogP contribution in [0.2, 0.25) is 10.0 Å². The molecule has 1 N–H and O–H groups in total. The molecule has 0 saturated heterocycles. The molecule has 1 aromatic heterocycles. The van der Waals surface area contributed by atoms with Crippen molar-refractivity contribution >= 4 is 46.6 Å². The molecule has 3 rings (SSSR count). The van der Waals surface area contributed by atoms with Crippen LogP contribution in [-0.4, -0.2) is 29.0 Å². The Kier molecular flexibility index (Phi) is 6.79. The Balaban J connectivity index is 1.66. The maximum absolute atomic E-state index is 12.8. The average molecular weight is 478 g/mol. The molecule has 1 heterocycles. The van der Waals surface area contributed by atoms with E-state index < -0.39 is 17.6 Å². The Morgan fingerprint density at radius 1 is 1.20 bits per heavy atom. The number of thioether (sulfide) groups is 1. The van der Waals surface area contributed by atoms with Crippen LogP contribution in [0, 0.1) is 0 Å². The van der Waals surface area contributed by atoms with E-state index in [-0.39, 0.29) is 27.6 Å². The van der Waals surface area contributed by atoms with Crippen molar-refractivity contribution in [3.63, 3.8) is 0 Å². The van der Waals surface area contributed by atoms with Gasteiger partial charge in [0.25, 0.3) is 11.1 Å². The minimum Gasteiger partial charge on any atom is -0.496 e. The molecule has 6 nitrogen and oxygen atoms in total. The summed E-state index contributed by atoms with van der Waals surface area (Å²) in [6, 6.07) is 7.53. The highest BCUT2D eigenvalue weighted by molar-refractivity contribution is 7.99. The molecule has 2 aromatic carbocycles. The van der Waals surface area contributed by atoms with Gasteiger partial charge in [-0.25, -0.2) is 0 Å². The van der Waals surface area contributed by atoms with Crippen molar-refractivity contribution in [1.29, 1.82) is 0 Å². The molecule has 0 unspecified atom stereocenters. The maximum atomic E-state index is 12.8. The topological polar surface area (TPSA) is 77.2 Å². The number of carbonyl (C=O) groups excluding carboxylic acids is 1. The second-order valence-corrected chi connectivity index (χ2v) is 7.52. The summed E-state index contributed by atoms with van der Waals surface area (Å²) in [7, 11) is 1.47. The zero-order valence-electron chi connectivity index (χ0n) is 15.1. The molecule has 12 heteroatoms. The van der Waals surface area contributed by atoms with Crippen molar-refractivity contribution in [2.24, 2.45) is 0 Å². The highest BCUT2D eigenvalue weighted by Crippen LogP contribution is 2.35. The van der Waals surface area contributed by atoms with Crippen LogP contribution in [-0.2, 0) is 11.0 Å².